The van der Waals surface area contributed by atoms with Crippen molar-refractivity contribution in [3.8, 4) is 0 Å². The minimum absolute atomic E-state index is 0. The van der Waals surface area contributed by atoms with Crippen molar-refractivity contribution in [2.75, 3.05) is 19.6 Å². The Balaban J connectivity index is 0.00000161. The van der Waals surface area contributed by atoms with E-state index in [2.05, 4.69) is 29.7 Å². The molecular weight excluding hydrogens is 284 g/mol. The molecule has 0 unspecified atom stereocenters. The van der Waals surface area contributed by atoms with Crippen molar-refractivity contribution < 1.29 is 4.79 Å². The summed E-state index contributed by atoms with van der Waals surface area (Å²) in [6, 6.07) is 6.19. The van der Waals surface area contributed by atoms with Gasteiger partial charge in [0.25, 0.3) is 5.91 Å². The van der Waals surface area contributed by atoms with Crippen molar-refractivity contribution in [1.82, 2.24) is 10.6 Å². The molecule has 3 nitrogen and oxygen atoms in total. The molecule has 1 aliphatic carbocycles. The Kier molecular flexibility index (Phi) is 5.28. The second-order valence-electron chi connectivity index (χ2n) is 6.58. The van der Waals surface area contributed by atoms with Gasteiger partial charge >= 0.3 is 0 Å². The van der Waals surface area contributed by atoms with E-state index in [1.807, 2.05) is 6.07 Å². The Morgan fingerprint density at radius 2 is 1.95 bits per heavy atom. The lowest BCUT2D eigenvalue weighted by molar-refractivity contribution is 0.0922. The molecule has 1 aromatic carbocycles. The van der Waals surface area contributed by atoms with E-state index in [9.17, 15) is 4.79 Å². The first-order chi connectivity index (χ1) is 9.66. The first-order valence-electron chi connectivity index (χ1n) is 7.77. The van der Waals surface area contributed by atoms with Crippen LogP contribution in [0.25, 0.3) is 0 Å². The van der Waals surface area contributed by atoms with Gasteiger partial charge in [-0.05, 0) is 73.9 Å². The maximum absolute atomic E-state index is 12.3. The highest BCUT2D eigenvalue weighted by molar-refractivity contribution is 5.94. The highest BCUT2D eigenvalue weighted by Gasteiger charge is 2.27. The lowest BCUT2D eigenvalue weighted by Gasteiger charge is -2.34. The summed E-state index contributed by atoms with van der Waals surface area (Å²) in [5.41, 5.74) is 3.86. The number of hydrogen-bond donors (Lipinski definition) is 2. The molecule has 21 heavy (non-hydrogen) atoms. The van der Waals surface area contributed by atoms with Crippen molar-refractivity contribution in [1.29, 1.82) is 0 Å². The van der Waals surface area contributed by atoms with Crippen molar-refractivity contribution in [3.05, 3.63) is 34.9 Å². The van der Waals surface area contributed by atoms with Crippen LogP contribution in [0.3, 0.4) is 0 Å². The summed E-state index contributed by atoms with van der Waals surface area (Å²) < 4.78 is 0. The van der Waals surface area contributed by atoms with Gasteiger partial charge in [-0.15, -0.1) is 12.4 Å². The molecular formula is C17H25ClN2O. The summed E-state index contributed by atoms with van der Waals surface area (Å²) in [7, 11) is 0. The molecule has 1 fully saturated rings. The summed E-state index contributed by atoms with van der Waals surface area (Å²) >= 11 is 0. The zero-order valence-electron chi connectivity index (χ0n) is 12.7. The van der Waals surface area contributed by atoms with Crippen LogP contribution < -0.4 is 10.6 Å². The van der Waals surface area contributed by atoms with Crippen LogP contribution in [0.1, 0.15) is 47.7 Å². The molecule has 0 atom stereocenters. The molecule has 0 aromatic heterocycles. The Hall–Kier alpha value is -1.06. The Morgan fingerprint density at radius 3 is 2.71 bits per heavy atom. The number of nitrogens with one attached hydrogen (secondary N) is 2. The quantitative estimate of drug-likeness (QED) is 0.901. The zero-order valence-corrected chi connectivity index (χ0v) is 13.5. The van der Waals surface area contributed by atoms with E-state index >= 15 is 0 Å². The van der Waals surface area contributed by atoms with E-state index in [-0.39, 0.29) is 23.7 Å². The summed E-state index contributed by atoms with van der Waals surface area (Å²) in [6.45, 7) is 5.18. The zero-order chi connectivity index (χ0) is 14.0. The van der Waals surface area contributed by atoms with Crippen molar-refractivity contribution in [2.24, 2.45) is 5.41 Å². The van der Waals surface area contributed by atoms with Crippen LogP contribution in [0.2, 0.25) is 0 Å². The minimum atomic E-state index is 0. The minimum Gasteiger partial charge on any atom is -0.351 e. The predicted molar refractivity (Wildman–Crippen MR) is 88.3 cm³/mol. The van der Waals surface area contributed by atoms with E-state index in [4.69, 9.17) is 0 Å². The van der Waals surface area contributed by atoms with E-state index in [1.165, 1.54) is 24.0 Å². The molecule has 1 heterocycles. The first-order valence-corrected chi connectivity index (χ1v) is 7.77. The summed E-state index contributed by atoms with van der Waals surface area (Å²) in [4.78, 5) is 12.3. The van der Waals surface area contributed by atoms with E-state index in [0.717, 1.165) is 44.5 Å². The van der Waals surface area contributed by atoms with Gasteiger partial charge in [-0.25, -0.2) is 0 Å². The third-order valence-electron chi connectivity index (χ3n) is 4.85. The topological polar surface area (TPSA) is 41.1 Å². The fraction of sp³-hybridized carbons (Fsp3) is 0.588. The molecule has 0 saturated carbocycles. The number of piperidine rings is 1. The van der Waals surface area contributed by atoms with Gasteiger partial charge in [-0.2, -0.15) is 0 Å². The van der Waals surface area contributed by atoms with Gasteiger partial charge in [0.1, 0.15) is 0 Å². The van der Waals surface area contributed by atoms with Gasteiger partial charge in [-0.1, -0.05) is 13.0 Å². The average molecular weight is 309 g/mol. The molecule has 1 aliphatic heterocycles. The van der Waals surface area contributed by atoms with Gasteiger partial charge in [0.05, 0.1) is 0 Å². The van der Waals surface area contributed by atoms with Gasteiger partial charge in [0.2, 0.25) is 0 Å². The van der Waals surface area contributed by atoms with Crippen LogP contribution in [0.5, 0.6) is 0 Å². The molecule has 0 bridgehead atoms. The molecule has 4 heteroatoms. The van der Waals surface area contributed by atoms with Crippen LogP contribution >= 0.6 is 12.4 Å². The smallest absolute Gasteiger partial charge is 0.251 e. The number of hydrogen-bond acceptors (Lipinski definition) is 2. The molecule has 1 saturated heterocycles. The van der Waals surface area contributed by atoms with Crippen molar-refractivity contribution in [3.63, 3.8) is 0 Å². The number of aryl methyl sites for hydroxylation is 2. The van der Waals surface area contributed by atoms with Gasteiger partial charge in [0, 0.05) is 12.1 Å². The SMILES string of the molecule is CC1(CNC(=O)c2ccc3c(c2)CCC3)CCNCC1.Cl. The maximum Gasteiger partial charge on any atom is 0.251 e. The molecule has 2 N–H and O–H groups in total. The monoisotopic (exact) mass is 308 g/mol. The van der Waals surface area contributed by atoms with Gasteiger partial charge in [-0.3, -0.25) is 4.79 Å². The summed E-state index contributed by atoms with van der Waals surface area (Å²) in [5, 5.41) is 6.51. The van der Waals surface area contributed by atoms with Crippen LogP contribution in [-0.4, -0.2) is 25.5 Å². The molecule has 0 spiro atoms. The standard InChI is InChI=1S/C17H24N2O.ClH/c1-17(7-9-18-10-8-17)12-19-16(20)15-6-5-13-3-2-4-14(13)11-15;/h5-6,11,18H,2-4,7-10,12H2,1H3,(H,19,20);1H. The van der Waals surface area contributed by atoms with Crippen LogP contribution in [-0.2, 0) is 12.8 Å². The molecule has 116 valence electrons. The van der Waals surface area contributed by atoms with Crippen LogP contribution in [0, 0.1) is 5.41 Å². The fourth-order valence-electron chi connectivity index (χ4n) is 3.32. The average Bonchev–Trinajstić information content (AvgIpc) is 2.93. The largest absolute Gasteiger partial charge is 0.351 e. The van der Waals surface area contributed by atoms with Gasteiger partial charge < -0.3 is 10.6 Å². The number of rotatable bonds is 3. The lowest BCUT2D eigenvalue weighted by atomic mass is 9.81. The Morgan fingerprint density at radius 1 is 1.24 bits per heavy atom. The number of carbonyl (C=O) groups excluding carboxylic acids is 1. The first kappa shape index (κ1) is 16.3. The molecule has 3 rings (SSSR count). The number of amides is 1. The summed E-state index contributed by atoms with van der Waals surface area (Å²) in [5.74, 6) is 0.0828. The summed E-state index contributed by atoms with van der Waals surface area (Å²) in [6.07, 6.45) is 5.79. The lowest BCUT2D eigenvalue weighted by Crippen LogP contribution is -2.42. The highest BCUT2D eigenvalue weighted by Crippen LogP contribution is 2.27. The van der Waals surface area contributed by atoms with E-state index in [1.54, 1.807) is 0 Å². The second-order valence-corrected chi connectivity index (χ2v) is 6.58. The molecule has 2 aliphatic rings. The molecule has 1 amide bonds. The third kappa shape index (κ3) is 3.78. The molecule has 0 radical (unpaired) electrons. The van der Waals surface area contributed by atoms with E-state index < -0.39 is 0 Å². The predicted octanol–water partition coefficient (Wildman–Crippen LogP) is 2.72. The normalized spacial score (nSPS) is 19.5. The van der Waals surface area contributed by atoms with Crippen molar-refractivity contribution >= 4 is 18.3 Å². The third-order valence-corrected chi connectivity index (χ3v) is 4.85. The fourth-order valence-corrected chi connectivity index (χ4v) is 3.32. The Bertz CT molecular complexity index is 510. The number of halogens is 1. The number of fused-ring (bicyclic) bond motifs is 1. The number of benzene rings is 1. The maximum atomic E-state index is 12.3. The number of carbonyl (C=O) groups is 1. The Labute approximate surface area is 133 Å². The second kappa shape index (κ2) is 6.80. The van der Waals surface area contributed by atoms with E-state index in [0.29, 0.717) is 0 Å². The highest BCUT2D eigenvalue weighted by atomic mass is 35.5. The molecule has 1 aromatic rings. The van der Waals surface area contributed by atoms with Crippen LogP contribution in [0.4, 0.5) is 0 Å². The van der Waals surface area contributed by atoms with Crippen LogP contribution in [0.15, 0.2) is 18.2 Å². The van der Waals surface area contributed by atoms with Gasteiger partial charge in [0.15, 0.2) is 0 Å². The van der Waals surface area contributed by atoms with Crippen molar-refractivity contribution in [2.45, 2.75) is 39.0 Å².